The molecule has 0 aromatic carbocycles. The van der Waals surface area contributed by atoms with Gasteiger partial charge in [-0.05, 0) is 52.8 Å². The van der Waals surface area contributed by atoms with Crippen molar-refractivity contribution < 1.29 is 0 Å². The Balaban J connectivity index is 1.66. The molecule has 1 fully saturated rings. The van der Waals surface area contributed by atoms with E-state index in [2.05, 4.69) is 33.0 Å². The standard InChI is InChI=1S/C21H26N4S/c1-2-4-6-9-18(8-5-3-1)19-15-25(21-22-11-7-12-23-21)24-20(19)14-17-10-13-26-16-17/h7,10-13,15-16,18H,1-6,8-9,14H2. The van der Waals surface area contributed by atoms with Gasteiger partial charge in [-0.15, -0.1) is 0 Å². The highest BCUT2D eigenvalue weighted by Gasteiger charge is 2.21. The lowest BCUT2D eigenvalue weighted by atomic mass is 9.89. The van der Waals surface area contributed by atoms with Crippen molar-refractivity contribution in [1.29, 1.82) is 0 Å². The van der Waals surface area contributed by atoms with Gasteiger partial charge >= 0.3 is 0 Å². The normalized spacial score (nSPS) is 16.8. The second-order valence-electron chi connectivity index (χ2n) is 7.23. The zero-order chi connectivity index (χ0) is 17.6. The summed E-state index contributed by atoms with van der Waals surface area (Å²) in [7, 11) is 0. The van der Waals surface area contributed by atoms with Gasteiger partial charge in [-0.3, -0.25) is 0 Å². The van der Waals surface area contributed by atoms with Crippen LogP contribution in [0.15, 0.2) is 41.5 Å². The van der Waals surface area contributed by atoms with Crippen LogP contribution in [0, 0.1) is 0 Å². The molecule has 0 bridgehead atoms. The van der Waals surface area contributed by atoms with E-state index in [1.165, 1.54) is 68.2 Å². The van der Waals surface area contributed by atoms with Crippen molar-refractivity contribution in [3.05, 3.63) is 58.3 Å². The van der Waals surface area contributed by atoms with E-state index in [9.17, 15) is 0 Å². The lowest BCUT2D eigenvalue weighted by Crippen LogP contribution is -2.02. The van der Waals surface area contributed by atoms with E-state index in [4.69, 9.17) is 5.10 Å². The number of nitrogens with zero attached hydrogens (tertiary/aromatic N) is 4. The Bertz CT molecular complexity index is 785. The molecular weight excluding hydrogens is 340 g/mol. The van der Waals surface area contributed by atoms with Gasteiger partial charge in [0.2, 0.25) is 5.95 Å². The maximum atomic E-state index is 4.90. The summed E-state index contributed by atoms with van der Waals surface area (Å²) in [5.74, 6) is 1.27. The topological polar surface area (TPSA) is 43.6 Å². The van der Waals surface area contributed by atoms with Crippen molar-refractivity contribution in [2.45, 2.75) is 63.7 Å². The van der Waals surface area contributed by atoms with Crippen LogP contribution in [0.25, 0.3) is 5.95 Å². The summed E-state index contributed by atoms with van der Waals surface area (Å²) in [6, 6.07) is 4.05. The van der Waals surface area contributed by atoms with Gasteiger partial charge in [0.1, 0.15) is 0 Å². The van der Waals surface area contributed by atoms with E-state index in [0.717, 1.165) is 6.42 Å². The van der Waals surface area contributed by atoms with Crippen LogP contribution in [0.3, 0.4) is 0 Å². The second-order valence-corrected chi connectivity index (χ2v) is 8.01. The molecule has 3 aromatic rings. The molecule has 1 saturated carbocycles. The van der Waals surface area contributed by atoms with Crippen LogP contribution >= 0.6 is 11.3 Å². The maximum Gasteiger partial charge on any atom is 0.250 e. The van der Waals surface area contributed by atoms with Crippen LogP contribution in [0.5, 0.6) is 0 Å². The molecule has 4 nitrogen and oxygen atoms in total. The molecule has 0 saturated heterocycles. The third-order valence-corrected chi connectivity index (χ3v) is 6.06. The molecule has 0 atom stereocenters. The largest absolute Gasteiger partial charge is 0.250 e. The van der Waals surface area contributed by atoms with Crippen molar-refractivity contribution in [3.8, 4) is 5.95 Å². The zero-order valence-corrected chi connectivity index (χ0v) is 16.0. The molecule has 4 rings (SSSR count). The summed E-state index contributed by atoms with van der Waals surface area (Å²) in [5, 5.41) is 9.28. The Hall–Kier alpha value is -2.01. The molecule has 0 unspecified atom stereocenters. The van der Waals surface area contributed by atoms with Crippen molar-refractivity contribution >= 4 is 11.3 Å². The van der Waals surface area contributed by atoms with Crippen LogP contribution in [-0.4, -0.2) is 19.7 Å². The maximum absolute atomic E-state index is 4.90. The molecule has 0 amide bonds. The molecule has 136 valence electrons. The highest BCUT2D eigenvalue weighted by molar-refractivity contribution is 7.07. The Morgan fingerprint density at radius 1 is 1.00 bits per heavy atom. The number of thiophene rings is 1. The first kappa shape index (κ1) is 17.4. The van der Waals surface area contributed by atoms with Gasteiger partial charge in [0.25, 0.3) is 0 Å². The molecule has 1 aliphatic carbocycles. The van der Waals surface area contributed by atoms with Crippen LogP contribution in [0.4, 0.5) is 0 Å². The van der Waals surface area contributed by atoms with E-state index in [-0.39, 0.29) is 0 Å². The van der Waals surface area contributed by atoms with Gasteiger partial charge in [0, 0.05) is 25.0 Å². The molecule has 3 aromatic heterocycles. The molecule has 0 radical (unpaired) electrons. The minimum Gasteiger partial charge on any atom is -0.220 e. The first-order chi connectivity index (χ1) is 12.9. The van der Waals surface area contributed by atoms with Crippen molar-refractivity contribution in [2.24, 2.45) is 0 Å². The fourth-order valence-corrected chi connectivity index (χ4v) is 4.61. The zero-order valence-electron chi connectivity index (χ0n) is 15.2. The Labute approximate surface area is 159 Å². The van der Waals surface area contributed by atoms with Crippen molar-refractivity contribution in [2.75, 3.05) is 0 Å². The van der Waals surface area contributed by atoms with Crippen LogP contribution in [0.1, 0.15) is 74.1 Å². The van der Waals surface area contributed by atoms with E-state index in [0.29, 0.717) is 11.9 Å². The SMILES string of the molecule is c1cnc(-n2cc(C3CCCCCCCC3)c(Cc3ccsc3)n2)nc1. The molecule has 5 heteroatoms. The van der Waals surface area contributed by atoms with Crippen molar-refractivity contribution in [3.63, 3.8) is 0 Å². The summed E-state index contributed by atoms with van der Waals surface area (Å²) in [5.41, 5.74) is 3.95. The predicted molar refractivity (Wildman–Crippen MR) is 106 cm³/mol. The van der Waals surface area contributed by atoms with Crippen LogP contribution < -0.4 is 0 Å². The number of hydrogen-bond acceptors (Lipinski definition) is 4. The molecule has 3 heterocycles. The number of hydrogen-bond donors (Lipinski definition) is 0. The summed E-state index contributed by atoms with van der Waals surface area (Å²) < 4.78 is 1.88. The molecular formula is C21H26N4S. The van der Waals surface area contributed by atoms with E-state index in [1.807, 2.05) is 10.7 Å². The highest BCUT2D eigenvalue weighted by Crippen LogP contribution is 2.33. The first-order valence-electron chi connectivity index (χ1n) is 9.77. The first-order valence-corrected chi connectivity index (χ1v) is 10.7. The minimum atomic E-state index is 0.610. The van der Waals surface area contributed by atoms with Crippen LogP contribution in [0.2, 0.25) is 0 Å². The van der Waals surface area contributed by atoms with Crippen LogP contribution in [-0.2, 0) is 6.42 Å². The highest BCUT2D eigenvalue weighted by atomic mass is 32.1. The smallest absolute Gasteiger partial charge is 0.220 e. The summed E-state index contributed by atoms with van der Waals surface area (Å²) >= 11 is 1.75. The Kier molecular flexibility index (Phi) is 5.75. The van der Waals surface area contributed by atoms with Crippen molar-refractivity contribution in [1.82, 2.24) is 19.7 Å². The average Bonchev–Trinajstić information content (AvgIpc) is 3.34. The third kappa shape index (κ3) is 4.21. The number of rotatable bonds is 4. The minimum absolute atomic E-state index is 0.610. The third-order valence-electron chi connectivity index (χ3n) is 5.33. The predicted octanol–water partition coefficient (Wildman–Crippen LogP) is 5.53. The molecule has 1 aliphatic rings. The molecule has 0 spiro atoms. The van der Waals surface area contributed by atoms with Gasteiger partial charge in [-0.2, -0.15) is 16.4 Å². The Morgan fingerprint density at radius 3 is 2.42 bits per heavy atom. The van der Waals surface area contributed by atoms with E-state index in [1.54, 1.807) is 23.7 Å². The monoisotopic (exact) mass is 366 g/mol. The number of aromatic nitrogens is 4. The lowest BCUT2D eigenvalue weighted by Gasteiger charge is -2.16. The van der Waals surface area contributed by atoms with Gasteiger partial charge in [-0.1, -0.05) is 38.5 Å². The molecule has 26 heavy (non-hydrogen) atoms. The quantitative estimate of drug-likeness (QED) is 0.609. The Morgan fingerprint density at radius 2 is 1.73 bits per heavy atom. The van der Waals surface area contributed by atoms with E-state index < -0.39 is 0 Å². The van der Waals surface area contributed by atoms with Gasteiger partial charge < -0.3 is 0 Å². The summed E-state index contributed by atoms with van der Waals surface area (Å²) in [6.45, 7) is 0. The fraction of sp³-hybridized carbons (Fsp3) is 0.476. The second kappa shape index (κ2) is 8.58. The molecule has 0 N–H and O–H groups in total. The van der Waals surface area contributed by atoms with E-state index >= 15 is 0 Å². The van der Waals surface area contributed by atoms with Gasteiger partial charge in [0.15, 0.2) is 0 Å². The summed E-state index contributed by atoms with van der Waals surface area (Å²) in [6.07, 6.45) is 17.4. The summed E-state index contributed by atoms with van der Waals surface area (Å²) in [4.78, 5) is 8.77. The lowest BCUT2D eigenvalue weighted by molar-refractivity contribution is 0.536. The van der Waals surface area contributed by atoms with Gasteiger partial charge in [-0.25, -0.2) is 14.6 Å². The fourth-order valence-electron chi connectivity index (χ4n) is 3.94. The molecule has 0 aliphatic heterocycles. The average molecular weight is 367 g/mol. The van der Waals surface area contributed by atoms with Gasteiger partial charge in [0.05, 0.1) is 5.69 Å².